The Morgan fingerprint density at radius 2 is 2.35 bits per heavy atom. The van der Waals surface area contributed by atoms with Crippen molar-refractivity contribution in [2.24, 2.45) is 5.73 Å². The lowest BCUT2D eigenvalue weighted by Crippen LogP contribution is -2.56. The summed E-state index contributed by atoms with van der Waals surface area (Å²) >= 11 is 0. The lowest BCUT2D eigenvalue weighted by atomic mass is 10.1. The van der Waals surface area contributed by atoms with Crippen LogP contribution in [0.5, 0.6) is 5.75 Å². The van der Waals surface area contributed by atoms with Crippen LogP contribution < -0.4 is 15.8 Å². The number of carbonyl (C=O) groups excluding carboxylic acids is 1. The molecule has 110 valence electrons. The van der Waals surface area contributed by atoms with Crippen molar-refractivity contribution in [3.63, 3.8) is 0 Å². The maximum Gasteiger partial charge on any atom is 0.387 e. The molecule has 0 aliphatic carbocycles. The van der Waals surface area contributed by atoms with Crippen LogP contribution in [0.1, 0.15) is 10.4 Å². The van der Waals surface area contributed by atoms with E-state index in [1.807, 2.05) is 0 Å². The number of ether oxygens (including phenoxy) is 1. The maximum absolute atomic E-state index is 12.4. The van der Waals surface area contributed by atoms with E-state index in [-0.39, 0.29) is 17.7 Å². The van der Waals surface area contributed by atoms with Crippen LogP contribution in [-0.2, 0) is 0 Å². The predicted molar refractivity (Wildman–Crippen MR) is 69.8 cm³/mol. The van der Waals surface area contributed by atoms with Crippen molar-refractivity contribution in [1.29, 1.82) is 0 Å². The molecule has 1 fully saturated rings. The number of carbonyl (C=O) groups is 1. The van der Waals surface area contributed by atoms with Gasteiger partial charge in [-0.1, -0.05) is 6.07 Å². The SMILES string of the molecule is NCC1CNCCN1C(=O)c1cccc(OC(F)F)c1. The zero-order valence-electron chi connectivity index (χ0n) is 10.9. The summed E-state index contributed by atoms with van der Waals surface area (Å²) in [5.41, 5.74) is 5.97. The van der Waals surface area contributed by atoms with Gasteiger partial charge < -0.3 is 20.7 Å². The third-order valence-electron chi connectivity index (χ3n) is 3.19. The molecule has 0 aromatic heterocycles. The number of alkyl halides is 2. The third kappa shape index (κ3) is 3.43. The van der Waals surface area contributed by atoms with E-state index in [2.05, 4.69) is 10.1 Å². The lowest BCUT2D eigenvalue weighted by Gasteiger charge is -2.35. The van der Waals surface area contributed by atoms with Gasteiger partial charge in [0.2, 0.25) is 0 Å². The molecule has 1 unspecified atom stereocenters. The van der Waals surface area contributed by atoms with Crippen LogP contribution in [0.15, 0.2) is 24.3 Å². The van der Waals surface area contributed by atoms with Crippen molar-refractivity contribution >= 4 is 5.91 Å². The number of hydrogen-bond acceptors (Lipinski definition) is 4. The molecule has 0 bridgehead atoms. The van der Waals surface area contributed by atoms with E-state index in [0.717, 1.165) is 0 Å². The second-order valence-electron chi connectivity index (χ2n) is 4.50. The van der Waals surface area contributed by atoms with Crippen LogP contribution >= 0.6 is 0 Å². The van der Waals surface area contributed by atoms with Crippen molar-refractivity contribution in [3.05, 3.63) is 29.8 Å². The monoisotopic (exact) mass is 285 g/mol. The predicted octanol–water partition coefficient (Wildman–Crippen LogP) is 0.661. The lowest BCUT2D eigenvalue weighted by molar-refractivity contribution is -0.0499. The zero-order valence-corrected chi connectivity index (χ0v) is 10.9. The Balaban J connectivity index is 2.15. The van der Waals surface area contributed by atoms with Gasteiger partial charge in [-0.25, -0.2) is 0 Å². The third-order valence-corrected chi connectivity index (χ3v) is 3.19. The van der Waals surface area contributed by atoms with Crippen LogP contribution in [-0.4, -0.2) is 49.6 Å². The van der Waals surface area contributed by atoms with Crippen LogP contribution in [0.25, 0.3) is 0 Å². The number of nitrogens with two attached hydrogens (primary N) is 1. The highest BCUT2D eigenvalue weighted by atomic mass is 19.3. The minimum Gasteiger partial charge on any atom is -0.435 e. The van der Waals surface area contributed by atoms with Crippen molar-refractivity contribution in [1.82, 2.24) is 10.2 Å². The van der Waals surface area contributed by atoms with Crippen molar-refractivity contribution in [2.75, 3.05) is 26.2 Å². The molecule has 3 N–H and O–H groups in total. The molecule has 1 aliphatic rings. The number of nitrogens with zero attached hydrogens (tertiary/aromatic N) is 1. The van der Waals surface area contributed by atoms with Gasteiger partial charge in [-0.15, -0.1) is 0 Å². The Hall–Kier alpha value is -1.73. The Kier molecular flexibility index (Phi) is 4.86. The van der Waals surface area contributed by atoms with Gasteiger partial charge in [0.1, 0.15) is 5.75 Å². The number of amides is 1. The molecule has 1 heterocycles. The Morgan fingerprint density at radius 3 is 3.05 bits per heavy atom. The summed E-state index contributed by atoms with van der Waals surface area (Å²) < 4.78 is 28.7. The molecule has 7 heteroatoms. The van der Waals surface area contributed by atoms with E-state index in [9.17, 15) is 13.6 Å². The molecule has 1 aromatic carbocycles. The van der Waals surface area contributed by atoms with Crippen molar-refractivity contribution in [3.8, 4) is 5.75 Å². The molecule has 1 saturated heterocycles. The zero-order chi connectivity index (χ0) is 14.5. The van der Waals surface area contributed by atoms with Crippen molar-refractivity contribution in [2.45, 2.75) is 12.7 Å². The fraction of sp³-hybridized carbons (Fsp3) is 0.462. The standard InChI is InChI=1S/C13H17F2N3O2/c14-13(15)20-11-3-1-2-9(6-11)12(19)18-5-4-17-8-10(18)7-16/h1-3,6,10,13,17H,4-5,7-8,16H2. The Morgan fingerprint density at radius 1 is 1.55 bits per heavy atom. The largest absolute Gasteiger partial charge is 0.435 e. The van der Waals surface area contributed by atoms with Gasteiger partial charge in [-0.3, -0.25) is 4.79 Å². The first-order valence-electron chi connectivity index (χ1n) is 6.38. The number of benzene rings is 1. The minimum atomic E-state index is -2.91. The quantitative estimate of drug-likeness (QED) is 0.853. The highest BCUT2D eigenvalue weighted by Crippen LogP contribution is 2.18. The van der Waals surface area contributed by atoms with Crippen molar-refractivity contribution < 1.29 is 18.3 Å². The van der Waals surface area contributed by atoms with Gasteiger partial charge >= 0.3 is 6.61 Å². The molecule has 0 radical (unpaired) electrons. The van der Waals surface area contributed by atoms with Crippen LogP contribution in [0.4, 0.5) is 8.78 Å². The first-order chi connectivity index (χ1) is 9.61. The average molecular weight is 285 g/mol. The molecular formula is C13H17F2N3O2. The second-order valence-corrected chi connectivity index (χ2v) is 4.50. The summed E-state index contributed by atoms with van der Waals surface area (Å²) in [6, 6.07) is 5.72. The Bertz CT molecular complexity index is 471. The number of piperazine rings is 1. The van der Waals surface area contributed by atoms with E-state index in [0.29, 0.717) is 31.7 Å². The van der Waals surface area contributed by atoms with Gasteiger partial charge in [0, 0.05) is 31.7 Å². The van der Waals surface area contributed by atoms with Crippen LogP contribution in [0.2, 0.25) is 0 Å². The van der Waals surface area contributed by atoms with Gasteiger partial charge in [-0.2, -0.15) is 8.78 Å². The highest BCUT2D eigenvalue weighted by molar-refractivity contribution is 5.95. The summed E-state index contributed by atoms with van der Waals surface area (Å²) in [6.45, 7) is -0.686. The Labute approximate surface area is 115 Å². The van der Waals surface area contributed by atoms with E-state index < -0.39 is 6.61 Å². The average Bonchev–Trinajstić information content (AvgIpc) is 2.46. The number of halogens is 2. The summed E-state index contributed by atoms with van der Waals surface area (Å²) in [6.07, 6.45) is 0. The summed E-state index contributed by atoms with van der Waals surface area (Å²) in [5.74, 6) is -0.244. The fourth-order valence-electron chi connectivity index (χ4n) is 2.21. The summed E-state index contributed by atoms with van der Waals surface area (Å²) in [7, 11) is 0. The molecule has 0 spiro atoms. The van der Waals surface area contributed by atoms with Gasteiger partial charge in [0.25, 0.3) is 5.91 Å². The normalized spacial score (nSPS) is 19.2. The topological polar surface area (TPSA) is 67.6 Å². The number of nitrogens with one attached hydrogen (secondary N) is 1. The molecule has 20 heavy (non-hydrogen) atoms. The van der Waals surface area contributed by atoms with Gasteiger partial charge in [0.15, 0.2) is 0 Å². The number of rotatable bonds is 4. The highest BCUT2D eigenvalue weighted by Gasteiger charge is 2.26. The van der Waals surface area contributed by atoms with E-state index in [1.165, 1.54) is 18.2 Å². The van der Waals surface area contributed by atoms with E-state index in [4.69, 9.17) is 5.73 Å². The first kappa shape index (κ1) is 14.7. The fourth-order valence-corrected chi connectivity index (χ4v) is 2.21. The van der Waals surface area contributed by atoms with E-state index in [1.54, 1.807) is 11.0 Å². The molecule has 1 atom stereocenters. The minimum absolute atomic E-state index is 0.0229. The van der Waals surface area contributed by atoms with Crippen LogP contribution in [0.3, 0.4) is 0 Å². The smallest absolute Gasteiger partial charge is 0.387 e. The molecule has 0 saturated carbocycles. The molecule has 1 aliphatic heterocycles. The van der Waals surface area contributed by atoms with Crippen LogP contribution in [0, 0.1) is 0 Å². The van der Waals surface area contributed by atoms with Gasteiger partial charge in [0.05, 0.1) is 6.04 Å². The molecule has 2 rings (SSSR count). The van der Waals surface area contributed by atoms with E-state index >= 15 is 0 Å². The van der Waals surface area contributed by atoms with Gasteiger partial charge in [-0.05, 0) is 18.2 Å². The summed E-state index contributed by atoms with van der Waals surface area (Å²) in [5, 5.41) is 3.16. The maximum atomic E-state index is 12.4. The molecule has 5 nitrogen and oxygen atoms in total. The second kappa shape index (κ2) is 6.62. The molecule has 1 amide bonds. The molecular weight excluding hydrogens is 268 g/mol. The molecule has 1 aromatic rings. The first-order valence-corrected chi connectivity index (χ1v) is 6.38. The summed E-state index contributed by atoms with van der Waals surface area (Å²) in [4.78, 5) is 14.1. The number of hydrogen-bond donors (Lipinski definition) is 2.